The maximum absolute atomic E-state index is 12.1. The average molecular weight is 392 g/mol. The van der Waals surface area contributed by atoms with Gasteiger partial charge in [-0.3, -0.25) is 14.9 Å². The fourth-order valence-electron chi connectivity index (χ4n) is 2.26. The Kier molecular flexibility index (Phi) is 6.36. The van der Waals surface area contributed by atoms with Crippen LogP contribution >= 0.6 is 11.6 Å². The second-order valence-electron chi connectivity index (χ2n) is 5.94. The number of nitrogens with zero attached hydrogens (tertiary/aromatic N) is 2. The van der Waals surface area contributed by atoms with Crippen molar-refractivity contribution in [2.45, 2.75) is 6.92 Å². The molecular weight excluding hydrogens is 374 g/mol. The van der Waals surface area contributed by atoms with Gasteiger partial charge in [0.2, 0.25) is 0 Å². The summed E-state index contributed by atoms with van der Waals surface area (Å²) in [7, 11) is 3.31. The molecule has 0 aliphatic rings. The number of hydrogen-bond acceptors (Lipinski definition) is 6. The van der Waals surface area contributed by atoms with Crippen molar-refractivity contribution in [2.75, 3.05) is 30.9 Å². The second-order valence-corrected chi connectivity index (χ2v) is 6.35. The van der Waals surface area contributed by atoms with Crippen LogP contribution in [0.3, 0.4) is 0 Å². The number of nitro groups is 1. The first-order chi connectivity index (χ1) is 12.7. The van der Waals surface area contributed by atoms with Crippen molar-refractivity contribution in [3.63, 3.8) is 0 Å². The number of anilines is 2. The quantitative estimate of drug-likeness (QED) is 0.460. The standard InChI is InChI=1S/C18H18ClN3O5/c1-11-4-6-13(9-14(11)19)20-17(23)10-27-18(24)12-5-7-15(21(2)3)16(8-12)22(25)26/h4-9H,10H2,1-3H3,(H,20,23). The molecule has 0 spiro atoms. The Morgan fingerprint density at radius 3 is 2.52 bits per heavy atom. The van der Waals surface area contributed by atoms with Crippen molar-refractivity contribution in [1.82, 2.24) is 0 Å². The van der Waals surface area contributed by atoms with Gasteiger partial charge in [0.1, 0.15) is 5.69 Å². The summed E-state index contributed by atoms with van der Waals surface area (Å²) in [5.74, 6) is -1.39. The Morgan fingerprint density at radius 2 is 1.93 bits per heavy atom. The van der Waals surface area contributed by atoms with Crippen LogP contribution in [0.5, 0.6) is 0 Å². The summed E-state index contributed by atoms with van der Waals surface area (Å²) in [6.45, 7) is 1.30. The Balaban J connectivity index is 2.02. The van der Waals surface area contributed by atoms with E-state index in [-0.39, 0.29) is 11.3 Å². The molecule has 0 fully saturated rings. The highest BCUT2D eigenvalue weighted by molar-refractivity contribution is 6.31. The van der Waals surface area contributed by atoms with Crippen LogP contribution < -0.4 is 10.2 Å². The Hall–Kier alpha value is -3.13. The molecule has 8 nitrogen and oxygen atoms in total. The molecule has 0 heterocycles. The van der Waals surface area contributed by atoms with Crippen molar-refractivity contribution in [3.8, 4) is 0 Å². The molecule has 0 unspecified atom stereocenters. The number of halogens is 1. The Labute approximate surface area is 160 Å². The number of amides is 1. The van der Waals surface area contributed by atoms with Crippen LogP contribution in [-0.4, -0.2) is 37.5 Å². The minimum absolute atomic E-state index is 0.0153. The molecule has 142 valence electrons. The molecule has 2 rings (SSSR count). The zero-order chi connectivity index (χ0) is 20.1. The number of benzene rings is 2. The van der Waals surface area contributed by atoms with Crippen LogP contribution in [0.1, 0.15) is 15.9 Å². The summed E-state index contributed by atoms with van der Waals surface area (Å²) in [4.78, 5) is 36.2. The Bertz CT molecular complexity index is 899. The summed E-state index contributed by atoms with van der Waals surface area (Å²) in [6.07, 6.45) is 0. The normalized spacial score (nSPS) is 10.2. The second kappa shape index (κ2) is 8.50. The highest BCUT2D eigenvalue weighted by atomic mass is 35.5. The van der Waals surface area contributed by atoms with Gasteiger partial charge in [-0.2, -0.15) is 0 Å². The van der Waals surface area contributed by atoms with Crippen LogP contribution in [0, 0.1) is 17.0 Å². The maximum Gasteiger partial charge on any atom is 0.338 e. The minimum Gasteiger partial charge on any atom is -0.452 e. The van der Waals surface area contributed by atoms with E-state index in [2.05, 4.69) is 5.32 Å². The SMILES string of the molecule is Cc1ccc(NC(=O)COC(=O)c2ccc(N(C)C)c([N+](=O)[O-])c2)cc1Cl. The van der Waals surface area contributed by atoms with Crippen molar-refractivity contribution in [1.29, 1.82) is 0 Å². The Morgan fingerprint density at radius 1 is 1.22 bits per heavy atom. The van der Waals surface area contributed by atoms with E-state index in [4.69, 9.17) is 16.3 Å². The number of hydrogen-bond donors (Lipinski definition) is 1. The summed E-state index contributed by atoms with van der Waals surface area (Å²) in [5.41, 5.74) is 1.44. The lowest BCUT2D eigenvalue weighted by Crippen LogP contribution is -2.21. The summed E-state index contributed by atoms with van der Waals surface area (Å²) in [5, 5.41) is 14.2. The molecule has 9 heteroatoms. The molecule has 0 aliphatic carbocycles. The number of rotatable bonds is 6. The zero-order valence-electron chi connectivity index (χ0n) is 15.0. The molecule has 0 aromatic heterocycles. The number of ether oxygens (including phenoxy) is 1. The van der Waals surface area contributed by atoms with Gasteiger partial charge in [-0.15, -0.1) is 0 Å². The monoisotopic (exact) mass is 391 g/mol. The molecule has 2 aromatic carbocycles. The van der Waals surface area contributed by atoms with E-state index in [0.29, 0.717) is 16.4 Å². The predicted molar refractivity (Wildman–Crippen MR) is 103 cm³/mol. The van der Waals surface area contributed by atoms with Crippen LogP contribution in [0.2, 0.25) is 5.02 Å². The molecule has 0 atom stereocenters. The number of nitrogens with one attached hydrogen (secondary N) is 1. The molecule has 27 heavy (non-hydrogen) atoms. The number of aryl methyl sites for hydroxylation is 1. The molecule has 0 radical (unpaired) electrons. The third-order valence-corrected chi connectivity index (χ3v) is 4.09. The van der Waals surface area contributed by atoms with E-state index in [1.807, 2.05) is 6.92 Å². The first kappa shape index (κ1) is 20.2. The first-order valence-corrected chi connectivity index (χ1v) is 8.25. The van der Waals surface area contributed by atoms with Gasteiger partial charge in [0.15, 0.2) is 6.61 Å². The predicted octanol–water partition coefficient (Wildman–Crippen LogP) is 3.42. The number of esters is 1. The van der Waals surface area contributed by atoms with Crippen LogP contribution in [0.4, 0.5) is 17.1 Å². The zero-order valence-corrected chi connectivity index (χ0v) is 15.7. The summed E-state index contributed by atoms with van der Waals surface area (Å²) >= 11 is 5.99. The van der Waals surface area contributed by atoms with Crippen molar-refractivity contribution < 1.29 is 19.2 Å². The van der Waals surface area contributed by atoms with Gasteiger partial charge in [-0.1, -0.05) is 17.7 Å². The molecule has 0 saturated heterocycles. The average Bonchev–Trinajstić information content (AvgIpc) is 2.62. The van der Waals surface area contributed by atoms with Crippen LogP contribution in [0.15, 0.2) is 36.4 Å². The van der Waals surface area contributed by atoms with E-state index in [1.54, 1.807) is 37.2 Å². The van der Waals surface area contributed by atoms with E-state index < -0.39 is 23.4 Å². The van der Waals surface area contributed by atoms with Crippen molar-refractivity contribution in [2.24, 2.45) is 0 Å². The molecule has 0 aliphatic heterocycles. The van der Waals surface area contributed by atoms with Gasteiger partial charge in [-0.25, -0.2) is 4.79 Å². The highest BCUT2D eigenvalue weighted by Gasteiger charge is 2.20. The van der Waals surface area contributed by atoms with Gasteiger partial charge in [0.25, 0.3) is 11.6 Å². The molecule has 1 amide bonds. The number of carbonyl (C=O) groups is 2. The number of carbonyl (C=O) groups excluding carboxylic acids is 2. The summed E-state index contributed by atoms with van der Waals surface area (Å²) in [6, 6.07) is 8.97. The van der Waals surface area contributed by atoms with E-state index in [0.717, 1.165) is 11.6 Å². The van der Waals surface area contributed by atoms with Gasteiger partial charge in [0.05, 0.1) is 10.5 Å². The van der Waals surface area contributed by atoms with Gasteiger partial charge in [0, 0.05) is 30.9 Å². The molecule has 1 N–H and O–H groups in total. The van der Waals surface area contributed by atoms with Gasteiger partial charge in [-0.05, 0) is 36.8 Å². The van der Waals surface area contributed by atoms with Crippen molar-refractivity contribution >= 4 is 40.5 Å². The van der Waals surface area contributed by atoms with Gasteiger partial charge < -0.3 is 15.0 Å². The molecule has 0 bridgehead atoms. The lowest BCUT2D eigenvalue weighted by molar-refractivity contribution is -0.384. The fourth-order valence-corrected chi connectivity index (χ4v) is 2.44. The topological polar surface area (TPSA) is 102 Å². The van der Waals surface area contributed by atoms with Gasteiger partial charge >= 0.3 is 5.97 Å². The van der Waals surface area contributed by atoms with Crippen LogP contribution in [-0.2, 0) is 9.53 Å². The molecular formula is C18H18ClN3O5. The van der Waals surface area contributed by atoms with E-state index in [9.17, 15) is 19.7 Å². The van der Waals surface area contributed by atoms with E-state index in [1.165, 1.54) is 12.1 Å². The third-order valence-electron chi connectivity index (χ3n) is 3.68. The smallest absolute Gasteiger partial charge is 0.338 e. The maximum atomic E-state index is 12.1. The molecule has 0 saturated carbocycles. The largest absolute Gasteiger partial charge is 0.452 e. The molecule has 2 aromatic rings. The number of nitro benzene ring substituents is 1. The van der Waals surface area contributed by atoms with Crippen molar-refractivity contribution in [3.05, 3.63) is 62.7 Å². The van der Waals surface area contributed by atoms with E-state index >= 15 is 0 Å². The van der Waals surface area contributed by atoms with Crippen LogP contribution in [0.25, 0.3) is 0 Å². The highest BCUT2D eigenvalue weighted by Crippen LogP contribution is 2.28. The lowest BCUT2D eigenvalue weighted by atomic mass is 10.1. The lowest BCUT2D eigenvalue weighted by Gasteiger charge is -2.13. The fraction of sp³-hybridized carbons (Fsp3) is 0.222. The summed E-state index contributed by atoms with van der Waals surface area (Å²) < 4.78 is 4.93. The third kappa shape index (κ3) is 5.18. The first-order valence-electron chi connectivity index (χ1n) is 7.88. The minimum atomic E-state index is -0.833.